The fourth-order valence-electron chi connectivity index (χ4n) is 2.65. The van der Waals surface area contributed by atoms with Crippen molar-refractivity contribution >= 4 is 15.9 Å². The van der Waals surface area contributed by atoms with Crippen LogP contribution < -0.4 is 14.8 Å². The second kappa shape index (κ2) is 9.67. The second-order valence-corrected chi connectivity index (χ2v) is 8.68. The molecule has 0 radical (unpaired) electrons. The molecule has 0 aliphatic rings. The molecule has 0 aliphatic carbocycles. The first kappa shape index (κ1) is 24.6. The van der Waals surface area contributed by atoms with Gasteiger partial charge >= 0.3 is 6.18 Å². The fourth-order valence-corrected chi connectivity index (χ4v) is 3.72. The smallest absolute Gasteiger partial charge is 0.416 e. The Balaban J connectivity index is 1.96. The summed E-state index contributed by atoms with van der Waals surface area (Å²) in [5.41, 5.74) is 0.400. The lowest BCUT2D eigenvalue weighted by Crippen LogP contribution is -2.35. The number of ether oxygens (including phenoxy) is 1. The molecule has 170 valence electrons. The molecular formula is C20H23F3N2O5S. The number of rotatable bonds is 8. The summed E-state index contributed by atoms with van der Waals surface area (Å²) >= 11 is 0. The van der Waals surface area contributed by atoms with Crippen LogP contribution in [0.15, 0.2) is 41.3 Å². The van der Waals surface area contributed by atoms with Crippen LogP contribution in [0.25, 0.3) is 0 Å². The minimum absolute atomic E-state index is 0.0219. The SMILES string of the molecule is CNS(=O)(=O)c1cc(C(=O)NCC(O)COc2ccc(C(F)(F)F)cc2)cc(C)c1C. The zero-order valence-corrected chi connectivity index (χ0v) is 17.9. The highest BCUT2D eigenvalue weighted by molar-refractivity contribution is 7.89. The van der Waals surface area contributed by atoms with Crippen LogP contribution in [0.4, 0.5) is 13.2 Å². The first-order valence-electron chi connectivity index (χ1n) is 9.16. The van der Waals surface area contributed by atoms with Gasteiger partial charge in [-0.25, -0.2) is 13.1 Å². The largest absolute Gasteiger partial charge is 0.491 e. The number of aryl methyl sites for hydroxylation is 1. The van der Waals surface area contributed by atoms with Crippen LogP contribution in [0.2, 0.25) is 0 Å². The molecule has 2 aromatic carbocycles. The number of aliphatic hydroxyl groups excluding tert-OH is 1. The first-order chi connectivity index (χ1) is 14.3. The van der Waals surface area contributed by atoms with E-state index in [0.717, 1.165) is 24.3 Å². The number of hydrogen-bond acceptors (Lipinski definition) is 5. The van der Waals surface area contributed by atoms with Gasteiger partial charge in [-0.1, -0.05) is 0 Å². The van der Waals surface area contributed by atoms with Crippen molar-refractivity contribution < 1.29 is 36.2 Å². The Kier molecular flexibility index (Phi) is 7.68. The van der Waals surface area contributed by atoms with Gasteiger partial charge in [-0.05, 0) is 68.4 Å². The normalized spacial score (nSPS) is 13.0. The highest BCUT2D eigenvalue weighted by Crippen LogP contribution is 2.30. The zero-order chi connectivity index (χ0) is 23.4. The van der Waals surface area contributed by atoms with E-state index in [0.29, 0.717) is 11.1 Å². The van der Waals surface area contributed by atoms with Crippen molar-refractivity contribution in [3.05, 3.63) is 58.7 Å². The predicted molar refractivity (Wildman–Crippen MR) is 107 cm³/mol. The molecule has 11 heteroatoms. The molecule has 3 N–H and O–H groups in total. The lowest BCUT2D eigenvalue weighted by molar-refractivity contribution is -0.137. The monoisotopic (exact) mass is 460 g/mol. The number of halogens is 3. The molecule has 1 amide bonds. The molecule has 0 fully saturated rings. The van der Waals surface area contributed by atoms with Gasteiger partial charge in [-0.3, -0.25) is 4.79 Å². The Morgan fingerprint density at radius 1 is 1.16 bits per heavy atom. The van der Waals surface area contributed by atoms with E-state index in [2.05, 4.69) is 10.0 Å². The Morgan fingerprint density at radius 3 is 2.32 bits per heavy atom. The quantitative estimate of drug-likeness (QED) is 0.561. The van der Waals surface area contributed by atoms with Gasteiger partial charge in [0.15, 0.2) is 0 Å². The number of carbonyl (C=O) groups excluding carboxylic acids is 1. The van der Waals surface area contributed by atoms with Crippen LogP contribution in [-0.4, -0.2) is 45.7 Å². The van der Waals surface area contributed by atoms with E-state index in [9.17, 15) is 31.5 Å². The molecule has 0 aromatic heterocycles. The topological polar surface area (TPSA) is 105 Å². The Labute approximate surface area is 178 Å². The van der Waals surface area contributed by atoms with Crippen LogP contribution in [0.1, 0.15) is 27.0 Å². The molecule has 0 spiro atoms. The molecule has 0 saturated heterocycles. The van der Waals surface area contributed by atoms with Crippen molar-refractivity contribution in [1.29, 1.82) is 0 Å². The molecule has 1 unspecified atom stereocenters. The summed E-state index contributed by atoms with van der Waals surface area (Å²) in [6.45, 7) is 2.83. The van der Waals surface area contributed by atoms with Crippen LogP contribution in [0.3, 0.4) is 0 Å². The van der Waals surface area contributed by atoms with Crippen LogP contribution >= 0.6 is 0 Å². The lowest BCUT2D eigenvalue weighted by Gasteiger charge is -2.15. The summed E-state index contributed by atoms with van der Waals surface area (Å²) in [7, 11) is -2.49. The van der Waals surface area contributed by atoms with Crippen molar-refractivity contribution in [2.75, 3.05) is 20.2 Å². The minimum Gasteiger partial charge on any atom is -0.491 e. The van der Waals surface area contributed by atoms with E-state index in [-0.39, 0.29) is 29.4 Å². The van der Waals surface area contributed by atoms with Gasteiger partial charge in [0.25, 0.3) is 5.91 Å². The standard InChI is InChI=1S/C20H23F3N2O5S/c1-12-8-14(9-18(13(12)2)31(28,29)24-3)19(27)25-10-16(26)11-30-17-6-4-15(5-7-17)20(21,22)23/h4-9,16,24,26H,10-11H2,1-3H3,(H,25,27). The molecule has 2 aromatic rings. The molecular weight excluding hydrogens is 437 g/mol. The number of alkyl halides is 3. The van der Waals surface area contributed by atoms with Gasteiger partial charge in [-0.2, -0.15) is 13.2 Å². The highest BCUT2D eigenvalue weighted by Gasteiger charge is 2.30. The van der Waals surface area contributed by atoms with Crippen molar-refractivity contribution in [3.63, 3.8) is 0 Å². The maximum Gasteiger partial charge on any atom is 0.416 e. The van der Waals surface area contributed by atoms with Crippen molar-refractivity contribution in [3.8, 4) is 5.75 Å². The molecule has 1 atom stereocenters. The van der Waals surface area contributed by atoms with Gasteiger partial charge in [0.2, 0.25) is 10.0 Å². The van der Waals surface area contributed by atoms with Gasteiger partial charge < -0.3 is 15.2 Å². The third-order valence-electron chi connectivity index (χ3n) is 4.56. The minimum atomic E-state index is -4.46. The third-order valence-corrected chi connectivity index (χ3v) is 6.10. The second-order valence-electron chi connectivity index (χ2n) is 6.82. The number of sulfonamides is 1. The zero-order valence-electron chi connectivity index (χ0n) is 17.1. The lowest BCUT2D eigenvalue weighted by atomic mass is 10.1. The van der Waals surface area contributed by atoms with Gasteiger partial charge in [0.05, 0.1) is 10.5 Å². The molecule has 0 heterocycles. The number of carbonyl (C=O) groups is 1. The summed E-state index contributed by atoms with van der Waals surface area (Å²) in [6.07, 6.45) is -5.60. The highest BCUT2D eigenvalue weighted by atomic mass is 32.2. The Morgan fingerprint density at radius 2 is 1.77 bits per heavy atom. The molecule has 0 aliphatic heterocycles. The summed E-state index contributed by atoms with van der Waals surface area (Å²) in [6, 6.07) is 6.76. The predicted octanol–water partition coefficient (Wildman–Crippen LogP) is 2.40. The van der Waals surface area contributed by atoms with Crippen LogP contribution in [0, 0.1) is 13.8 Å². The maximum absolute atomic E-state index is 12.5. The molecule has 2 rings (SSSR count). The van der Waals surface area contributed by atoms with Gasteiger partial charge in [-0.15, -0.1) is 0 Å². The fraction of sp³-hybridized carbons (Fsp3) is 0.350. The average Bonchev–Trinajstić information content (AvgIpc) is 2.71. The van der Waals surface area contributed by atoms with E-state index >= 15 is 0 Å². The maximum atomic E-state index is 12.5. The van der Waals surface area contributed by atoms with Gasteiger partial charge in [0, 0.05) is 12.1 Å². The summed E-state index contributed by atoms with van der Waals surface area (Å²) in [5.74, 6) is -0.460. The molecule has 0 bridgehead atoms. The van der Waals surface area contributed by atoms with E-state index in [1.807, 2.05) is 0 Å². The molecule has 7 nitrogen and oxygen atoms in total. The average molecular weight is 460 g/mol. The summed E-state index contributed by atoms with van der Waals surface area (Å²) in [4.78, 5) is 12.4. The van der Waals surface area contributed by atoms with E-state index in [4.69, 9.17) is 4.74 Å². The first-order valence-corrected chi connectivity index (χ1v) is 10.6. The van der Waals surface area contributed by atoms with Gasteiger partial charge in [0.1, 0.15) is 18.5 Å². The third kappa shape index (κ3) is 6.42. The Bertz CT molecular complexity index is 1040. The molecule has 0 saturated carbocycles. The summed E-state index contributed by atoms with van der Waals surface area (Å²) in [5, 5.41) is 12.5. The van der Waals surface area contributed by atoms with E-state index in [1.54, 1.807) is 13.8 Å². The van der Waals surface area contributed by atoms with Crippen LogP contribution in [-0.2, 0) is 16.2 Å². The van der Waals surface area contributed by atoms with Crippen LogP contribution in [0.5, 0.6) is 5.75 Å². The van der Waals surface area contributed by atoms with E-state index < -0.39 is 33.8 Å². The molecule has 31 heavy (non-hydrogen) atoms. The van der Waals surface area contributed by atoms with Crippen molar-refractivity contribution in [1.82, 2.24) is 10.0 Å². The number of hydrogen-bond donors (Lipinski definition) is 3. The Hall–Kier alpha value is -2.63. The van der Waals surface area contributed by atoms with E-state index in [1.165, 1.54) is 19.2 Å². The van der Waals surface area contributed by atoms with Crippen molar-refractivity contribution in [2.45, 2.75) is 31.0 Å². The number of nitrogens with one attached hydrogen (secondary N) is 2. The summed E-state index contributed by atoms with van der Waals surface area (Å²) < 4.78 is 69.4. The van der Waals surface area contributed by atoms with Crippen molar-refractivity contribution in [2.24, 2.45) is 0 Å². The number of aliphatic hydroxyl groups is 1. The number of benzene rings is 2. The number of amides is 1.